The number of aryl methyl sites for hydroxylation is 2. The van der Waals surface area contributed by atoms with Gasteiger partial charge in [-0.05, 0) is 71.7 Å². The summed E-state index contributed by atoms with van der Waals surface area (Å²) in [5.74, 6) is -0.0978. The van der Waals surface area contributed by atoms with Crippen LogP contribution in [-0.4, -0.2) is 13.2 Å². The number of rotatable bonds is 12. The summed E-state index contributed by atoms with van der Waals surface area (Å²) in [6, 6.07) is 20.0. The zero-order valence-corrected chi connectivity index (χ0v) is 20.8. The molecule has 2 nitrogen and oxygen atoms in total. The van der Waals surface area contributed by atoms with Crippen molar-refractivity contribution < 1.29 is 27.0 Å². The monoisotopic (exact) mass is 510 g/mol. The van der Waals surface area contributed by atoms with Crippen molar-refractivity contribution in [3.05, 3.63) is 95.6 Å². The van der Waals surface area contributed by atoms with E-state index < -0.39 is 6.61 Å². The van der Waals surface area contributed by atoms with Crippen LogP contribution in [0.4, 0.5) is 17.6 Å². The van der Waals surface area contributed by atoms with Crippen molar-refractivity contribution in [1.29, 1.82) is 0 Å². The molecule has 4 rings (SSSR count). The van der Waals surface area contributed by atoms with Crippen molar-refractivity contribution in [2.45, 2.75) is 52.1 Å². The van der Waals surface area contributed by atoms with Gasteiger partial charge in [-0.2, -0.15) is 8.78 Å². The van der Waals surface area contributed by atoms with Crippen LogP contribution in [0.3, 0.4) is 0 Å². The number of ether oxygens (including phenoxy) is 2. The topological polar surface area (TPSA) is 18.5 Å². The first-order valence-electron chi connectivity index (χ1n) is 12.6. The molecule has 0 aliphatic rings. The van der Waals surface area contributed by atoms with E-state index >= 15 is 4.39 Å². The fourth-order valence-corrected chi connectivity index (χ4v) is 4.35. The average molecular weight is 511 g/mol. The molecule has 0 atom stereocenters. The maximum Gasteiger partial charge on any atom is 0.387 e. The summed E-state index contributed by atoms with van der Waals surface area (Å²) in [7, 11) is 0. The highest BCUT2D eigenvalue weighted by atomic mass is 19.3. The van der Waals surface area contributed by atoms with E-state index in [2.05, 4.69) is 11.7 Å². The Balaban J connectivity index is 1.44. The van der Waals surface area contributed by atoms with Gasteiger partial charge in [-0.1, -0.05) is 62.6 Å². The van der Waals surface area contributed by atoms with Gasteiger partial charge in [-0.15, -0.1) is 0 Å². The third-order valence-electron chi connectivity index (χ3n) is 6.38. The molecule has 0 unspecified atom stereocenters. The molecular formula is C31H30F4O2. The van der Waals surface area contributed by atoms with Crippen molar-refractivity contribution in [2.75, 3.05) is 6.61 Å². The number of unbranched alkanes of at least 4 members (excludes halogenated alkanes) is 3. The molecule has 0 fully saturated rings. The fourth-order valence-electron chi connectivity index (χ4n) is 4.35. The van der Waals surface area contributed by atoms with E-state index in [-0.39, 0.29) is 17.4 Å². The Labute approximate surface area is 214 Å². The maximum absolute atomic E-state index is 15.2. The van der Waals surface area contributed by atoms with Crippen LogP contribution in [-0.2, 0) is 12.8 Å². The van der Waals surface area contributed by atoms with Gasteiger partial charge in [0.25, 0.3) is 0 Å². The molecule has 0 aliphatic heterocycles. The molecule has 194 valence electrons. The Morgan fingerprint density at radius 2 is 1.54 bits per heavy atom. The van der Waals surface area contributed by atoms with E-state index in [1.807, 2.05) is 6.07 Å². The van der Waals surface area contributed by atoms with Crippen LogP contribution in [0.2, 0.25) is 0 Å². The van der Waals surface area contributed by atoms with Crippen molar-refractivity contribution in [3.8, 4) is 22.6 Å². The average Bonchev–Trinajstić information content (AvgIpc) is 2.89. The maximum atomic E-state index is 15.2. The lowest BCUT2D eigenvalue weighted by Crippen LogP contribution is -2.02. The molecule has 37 heavy (non-hydrogen) atoms. The van der Waals surface area contributed by atoms with Gasteiger partial charge in [0.2, 0.25) is 0 Å². The Morgan fingerprint density at radius 3 is 2.27 bits per heavy atom. The molecular weight excluding hydrogens is 480 g/mol. The number of hydrogen-bond acceptors (Lipinski definition) is 2. The van der Waals surface area contributed by atoms with Crippen LogP contribution < -0.4 is 9.47 Å². The lowest BCUT2D eigenvalue weighted by Gasteiger charge is -2.11. The standard InChI is InChI=1S/C31H30F4O2/c1-2-3-4-5-18-36-26-15-17-27(29(32)20-26)23-12-16-28-24(19-23)11-10-22(30(28)33)9-6-21-7-13-25(14-8-21)37-31(34)35/h7-8,10-17,19-20,31H,2-6,9,18H2,1H3. The minimum Gasteiger partial charge on any atom is -0.493 e. The van der Waals surface area contributed by atoms with Crippen molar-refractivity contribution >= 4 is 10.8 Å². The van der Waals surface area contributed by atoms with Gasteiger partial charge in [-0.25, -0.2) is 8.78 Å². The zero-order chi connectivity index (χ0) is 26.2. The summed E-state index contributed by atoms with van der Waals surface area (Å²) < 4.78 is 64.7. The smallest absolute Gasteiger partial charge is 0.387 e. The van der Waals surface area contributed by atoms with Gasteiger partial charge in [0, 0.05) is 17.0 Å². The van der Waals surface area contributed by atoms with Gasteiger partial charge >= 0.3 is 6.61 Å². The van der Waals surface area contributed by atoms with Gasteiger partial charge in [0.1, 0.15) is 23.1 Å². The van der Waals surface area contributed by atoms with Crippen LogP contribution in [0.15, 0.2) is 72.8 Å². The van der Waals surface area contributed by atoms with E-state index in [0.29, 0.717) is 52.7 Å². The van der Waals surface area contributed by atoms with Crippen LogP contribution in [0, 0.1) is 11.6 Å². The predicted molar refractivity (Wildman–Crippen MR) is 139 cm³/mol. The molecule has 0 radical (unpaired) electrons. The first kappa shape index (κ1) is 26.5. The van der Waals surface area contributed by atoms with Crippen LogP contribution in [0.25, 0.3) is 21.9 Å². The van der Waals surface area contributed by atoms with Crippen LogP contribution in [0.5, 0.6) is 11.5 Å². The Kier molecular flexibility index (Phi) is 9.04. The molecule has 6 heteroatoms. The third kappa shape index (κ3) is 7.03. The lowest BCUT2D eigenvalue weighted by molar-refractivity contribution is -0.0498. The second-order valence-electron chi connectivity index (χ2n) is 9.05. The predicted octanol–water partition coefficient (Wildman–Crippen LogP) is 9.13. The second-order valence-corrected chi connectivity index (χ2v) is 9.05. The SMILES string of the molecule is CCCCCCOc1ccc(-c2ccc3c(F)c(CCc4ccc(OC(F)F)cc4)ccc3c2)c(F)c1. The lowest BCUT2D eigenvalue weighted by atomic mass is 9.97. The third-order valence-corrected chi connectivity index (χ3v) is 6.38. The van der Waals surface area contributed by atoms with Crippen molar-refractivity contribution in [3.63, 3.8) is 0 Å². The number of benzene rings is 4. The molecule has 0 aromatic heterocycles. The van der Waals surface area contributed by atoms with Gasteiger partial charge in [0.05, 0.1) is 6.61 Å². The van der Waals surface area contributed by atoms with Crippen molar-refractivity contribution in [1.82, 2.24) is 0 Å². The first-order valence-corrected chi connectivity index (χ1v) is 12.6. The quantitative estimate of drug-likeness (QED) is 0.140. The molecule has 0 spiro atoms. The molecule has 0 heterocycles. The summed E-state index contributed by atoms with van der Waals surface area (Å²) in [4.78, 5) is 0. The van der Waals surface area contributed by atoms with Crippen LogP contribution >= 0.6 is 0 Å². The van der Waals surface area contributed by atoms with E-state index in [4.69, 9.17) is 4.74 Å². The van der Waals surface area contributed by atoms with E-state index in [1.54, 1.807) is 48.5 Å². The normalized spacial score (nSPS) is 11.3. The second kappa shape index (κ2) is 12.6. The van der Waals surface area contributed by atoms with E-state index in [0.717, 1.165) is 31.2 Å². The molecule has 0 N–H and O–H groups in total. The summed E-state index contributed by atoms with van der Waals surface area (Å²) in [5.41, 5.74) is 2.54. The van der Waals surface area contributed by atoms with Crippen LogP contribution in [0.1, 0.15) is 43.7 Å². The molecule has 0 saturated heterocycles. The van der Waals surface area contributed by atoms with E-state index in [1.165, 1.54) is 18.2 Å². The molecule has 0 amide bonds. The number of hydrogen-bond donors (Lipinski definition) is 0. The molecule has 4 aromatic carbocycles. The Hall–Kier alpha value is -3.54. The summed E-state index contributed by atoms with van der Waals surface area (Å²) in [6.45, 7) is -0.154. The highest BCUT2D eigenvalue weighted by Gasteiger charge is 2.12. The molecule has 0 aliphatic carbocycles. The Morgan fingerprint density at radius 1 is 0.757 bits per heavy atom. The Bertz CT molecular complexity index is 1320. The highest BCUT2D eigenvalue weighted by molar-refractivity contribution is 5.88. The van der Waals surface area contributed by atoms with Crippen molar-refractivity contribution in [2.24, 2.45) is 0 Å². The number of halogens is 4. The minimum atomic E-state index is -2.87. The summed E-state index contributed by atoms with van der Waals surface area (Å²) in [5, 5.41) is 1.15. The highest BCUT2D eigenvalue weighted by Crippen LogP contribution is 2.31. The molecule has 4 aromatic rings. The fraction of sp³-hybridized carbons (Fsp3) is 0.290. The number of alkyl halides is 2. The summed E-state index contributed by atoms with van der Waals surface area (Å²) in [6.07, 6.45) is 5.35. The number of fused-ring (bicyclic) bond motifs is 1. The molecule has 0 bridgehead atoms. The molecule has 0 saturated carbocycles. The zero-order valence-electron chi connectivity index (χ0n) is 20.8. The van der Waals surface area contributed by atoms with Gasteiger partial charge < -0.3 is 9.47 Å². The van der Waals surface area contributed by atoms with Gasteiger partial charge in [-0.3, -0.25) is 0 Å². The van der Waals surface area contributed by atoms with Gasteiger partial charge in [0.15, 0.2) is 0 Å². The first-order chi connectivity index (χ1) is 17.9. The van der Waals surface area contributed by atoms with E-state index in [9.17, 15) is 13.2 Å². The summed E-state index contributed by atoms with van der Waals surface area (Å²) >= 11 is 0. The largest absolute Gasteiger partial charge is 0.493 e. The minimum absolute atomic E-state index is 0.0902.